The molecule has 124 valence electrons. The second kappa shape index (κ2) is 6.38. The minimum Gasteiger partial charge on any atom is -0.507 e. The van der Waals surface area contributed by atoms with Crippen molar-refractivity contribution in [2.45, 2.75) is 13.8 Å². The van der Waals surface area contributed by atoms with Gasteiger partial charge in [0.2, 0.25) is 5.76 Å². The number of hydrogen-bond acceptors (Lipinski definition) is 4. The molecule has 0 saturated carbocycles. The number of aryl methyl sites for hydroxylation is 1. The molecule has 3 rings (SSSR count). The van der Waals surface area contributed by atoms with E-state index in [9.17, 15) is 9.90 Å². The molecule has 0 amide bonds. The van der Waals surface area contributed by atoms with E-state index >= 15 is 0 Å². The van der Waals surface area contributed by atoms with Gasteiger partial charge >= 0.3 is 5.97 Å². The maximum atomic E-state index is 12.0. The van der Waals surface area contributed by atoms with E-state index in [0.717, 1.165) is 0 Å². The number of carbonyl (C=O) groups excluding carboxylic acids is 1. The van der Waals surface area contributed by atoms with Gasteiger partial charge < -0.3 is 14.3 Å². The minimum atomic E-state index is -0.559. The molecule has 0 bridgehead atoms. The Morgan fingerprint density at radius 2 is 2.00 bits per heavy atom. The number of aromatic hydroxyl groups is 1. The fourth-order valence-corrected chi connectivity index (χ4v) is 3.15. The molecule has 1 N–H and O–H groups in total. The standard InChI is InChI=1S/C18H14Cl2O4/c1-3-23-18(22)17-9(2)16-14(21)6-10(7-15(16)24-17)12-5-4-11(19)8-13(12)20/h4-8,21H,3H2,1-2H3. The number of carbonyl (C=O) groups is 1. The molecule has 1 heterocycles. The Kier molecular flexibility index (Phi) is 4.43. The molecule has 0 aliphatic heterocycles. The highest BCUT2D eigenvalue weighted by Gasteiger charge is 2.22. The number of benzene rings is 2. The van der Waals surface area contributed by atoms with Gasteiger partial charge in [0.15, 0.2) is 0 Å². The molecule has 4 nitrogen and oxygen atoms in total. The maximum absolute atomic E-state index is 12.0. The van der Waals surface area contributed by atoms with Crippen LogP contribution in [0.5, 0.6) is 5.75 Å². The number of furan rings is 1. The van der Waals surface area contributed by atoms with Crippen molar-refractivity contribution in [3.05, 3.63) is 51.7 Å². The van der Waals surface area contributed by atoms with Gasteiger partial charge in [0.1, 0.15) is 11.3 Å². The molecule has 6 heteroatoms. The predicted octanol–water partition coefficient (Wildman–Crippen LogP) is 5.60. The van der Waals surface area contributed by atoms with Crippen LogP contribution < -0.4 is 0 Å². The Balaban J connectivity index is 2.18. The molecule has 0 unspecified atom stereocenters. The summed E-state index contributed by atoms with van der Waals surface area (Å²) in [6.45, 7) is 3.66. The first-order valence-electron chi connectivity index (χ1n) is 7.31. The van der Waals surface area contributed by atoms with Crippen LogP contribution in [0.4, 0.5) is 0 Å². The van der Waals surface area contributed by atoms with Crippen LogP contribution in [0.1, 0.15) is 23.0 Å². The molecular formula is C18H14Cl2O4. The number of halogens is 2. The molecule has 1 aromatic heterocycles. The van der Waals surface area contributed by atoms with Crippen LogP contribution in [0.2, 0.25) is 10.0 Å². The normalized spacial score (nSPS) is 11.0. The average Bonchev–Trinajstić information content (AvgIpc) is 2.85. The number of hydrogen-bond donors (Lipinski definition) is 1. The molecule has 2 aromatic carbocycles. The van der Waals surface area contributed by atoms with Crippen LogP contribution in [0.25, 0.3) is 22.1 Å². The molecular weight excluding hydrogens is 351 g/mol. The highest BCUT2D eigenvalue weighted by atomic mass is 35.5. The average molecular weight is 365 g/mol. The zero-order valence-corrected chi connectivity index (χ0v) is 14.5. The van der Waals surface area contributed by atoms with Gasteiger partial charge in [-0.25, -0.2) is 4.79 Å². The van der Waals surface area contributed by atoms with Gasteiger partial charge in [-0.05, 0) is 43.7 Å². The molecule has 0 spiro atoms. The topological polar surface area (TPSA) is 59.7 Å². The fourth-order valence-electron chi connectivity index (χ4n) is 2.63. The van der Waals surface area contributed by atoms with Crippen molar-refractivity contribution in [2.24, 2.45) is 0 Å². The lowest BCUT2D eigenvalue weighted by Crippen LogP contribution is -2.04. The molecule has 0 aliphatic rings. The number of phenols is 1. The van der Waals surface area contributed by atoms with Crippen LogP contribution >= 0.6 is 23.2 Å². The van der Waals surface area contributed by atoms with Gasteiger partial charge in [0.25, 0.3) is 0 Å². The monoisotopic (exact) mass is 364 g/mol. The second-order valence-electron chi connectivity index (χ2n) is 5.27. The predicted molar refractivity (Wildman–Crippen MR) is 94.0 cm³/mol. The van der Waals surface area contributed by atoms with Crippen LogP contribution in [0, 0.1) is 6.92 Å². The van der Waals surface area contributed by atoms with E-state index in [2.05, 4.69) is 0 Å². The van der Waals surface area contributed by atoms with Gasteiger partial charge in [-0.2, -0.15) is 0 Å². The van der Waals surface area contributed by atoms with Gasteiger partial charge in [-0.15, -0.1) is 0 Å². The summed E-state index contributed by atoms with van der Waals surface area (Å²) in [6, 6.07) is 8.39. The summed E-state index contributed by atoms with van der Waals surface area (Å²) in [7, 11) is 0. The maximum Gasteiger partial charge on any atom is 0.374 e. The van der Waals surface area contributed by atoms with Gasteiger partial charge in [0.05, 0.1) is 12.0 Å². The van der Waals surface area contributed by atoms with Crippen LogP contribution in [0.15, 0.2) is 34.7 Å². The third-order valence-corrected chi connectivity index (χ3v) is 4.26. The second-order valence-corrected chi connectivity index (χ2v) is 6.11. The van der Waals surface area contributed by atoms with Crippen LogP contribution in [0.3, 0.4) is 0 Å². The lowest BCUT2D eigenvalue weighted by Gasteiger charge is -2.06. The number of fused-ring (bicyclic) bond motifs is 1. The summed E-state index contributed by atoms with van der Waals surface area (Å²) < 4.78 is 10.6. The number of phenolic OH excluding ortho intramolecular Hbond substituents is 1. The first-order chi connectivity index (χ1) is 11.4. The van der Waals surface area contributed by atoms with Crippen molar-refractivity contribution in [3.8, 4) is 16.9 Å². The van der Waals surface area contributed by atoms with E-state index in [0.29, 0.717) is 37.7 Å². The number of ether oxygens (including phenoxy) is 1. The van der Waals surface area contributed by atoms with E-state index in [1.165, 1.54) is 0 Å². The summed E-state index contributed by atoms with van der Waals surface area (Å²) in [6.07, 6.45) is 0. The largest absolute Gasteiger partial charge is 0.507 e. The highest BCUT2D eigenvalue weighted by molar-refractivity contribution is 6.36. The molecule has 0 aliphatic carbocycles. The minimum absolute atomic E-state index is 0.00492. The fraction of sp³-hybridized carbons (Fsp3) is 0.167. The van der Waals surface area contributed by atoms with Crippen molar-refractivity contribution in [1.82, 2.24) is 0 Å². The van der Waals surface area contributed by atoms with Crippen molar-refractivity contribution >= 4 is 40.1 Å². The van der Waals surface area contributed by atoms with Crippen LogP contribution in [-0.4, -0.2) is 17.7 Å². The van der Waals surface area contributed by atoms with Crippen molar-refractivity contribution in [1.29, 1.82) is 0 Å². The number of rotatable bonds is 3. The SMILES string of the molecule is CCOC(=O)c1oc2cc(-c3ccc(Cl)cc3Cl)cc(O)c2c1C. The third-order valence-electron chi connectivity index (χ3n) is 3.71. The summed E-state index contributed by atoms with van der Waals surface area (Å²) >= 11 is 12.1. The molecule has 0 fully saturated rings. The third kappa shape index (κ3) is 2.83. The molecule has 0 saturated heterocycles. The molecule has 0 radical (unpaired) electrons. The van der Waals surface area contributed by atoms with Crippen molar-refractivity contribution in [3.63, 3.8) is 0 Å². The molecule has 24 heavy (non-hydrogen) atoms. The zero-order chi connectivity index (χ0) is 17.4. The summed E-state index contributed by atoms with van der Waals surface area (Å²) in [5.41, 5.74) is 2.28. The lowest BCUT2D eigenvalue weighted by molar-refractivity contribution is 0.0491. The zero-order valence-electron chi connectivity index (χ0n) is 13.0. The Morgan fingerprint density at radius 3 is 2.67 bits per heavy atom. The van der Waals surface area contributed by atoms with Crippen molar-refractivity contribution < 1.29 is 19.1 Å². The van der Waals surface area contributed by atoms with Crippen molar-refractivity contribution in [2.75, 3.05) is 6.61 Å². The first kappa shape index (κ1) is 16.7. The van der Waals surface area contributed by atoms with E-state index in [4.69, 9.17) is 32.4 Å². The van der Waals surface area contributed by atoms with Gasteiger partial charge in [-0.3, -0.25) is 0 Å². The summed E-state index contributed by atoms with van der Waals surface area (Å²) in [4.78, 5) is 12.0. The van der Waals surface area contributed by atoms with E-state index in [1.54, 1.807) is 44.2 Å². The van der Waals surface area contributed by atoms with Crippen LogP contribution in [-0.2, 0) is 4.74 Å². The first-order valence-corrected chi connectivity index (χ1v) is 8.06. The van der Waals surface area contributed by atoms with E-state index in [1.807, 2.05) is 0 Å². The van der Waals surface area contributed by atoms with E-state index < -0.39 is 5.97 Å². The Bertz CT molecular complexity index is 944. The summed E-state index contributed by atoms with van der Waals surface area (Å²) in [5, 5.41) is 11.8. The molecule has 0 atom stereocenters. The Labute approximate surface area is 148 Å². The Morgan fingerprint density at radius 1 is 1.25 bits per heavy atom. The lowest BCUT2D eigenvalue weighted by atomic mass is 10.0. The smallest absolute Gasteiger partial charge is 0.374 e. The Hall–Kier alpha value is -2.17. The van der Waals surface area contributed by atoms with E-state index in [-0.39, 0.29) is 18.1 Å². The highest BCUT2D eigenvalue weighted by Crippen LogP contribution is 2.39. The number of esters is 1. The quantitative estimate of drug-likeness (QED) is 0.614. The van der Waals surface area contributed by atoms with Gasteiger partial charge in [0, 0.05) is 21.2 Å². The molecule has 3 aromatic rings. The van der Waals surface area contributed by atoms with Gasteiger partial charge in [-0.1, -0.05) is 29.3 Å². The summed E-state index contributed by atoms with van der Waals surface area (Å²) in [5.74, 6) is -0.469.